The molecule has 3 heterocycles. The second kappa shape index (κ2) is 7.24. The highest BCUT2D eigenvalue weighted by Gasteiger charge is 2.30. The number of likely N-dealkylation sites (tertiary alicyclic amines) is 1. The first-order chi connectivity index (χ1) is 12.0. The molecule has 25 heavy (non-hydrogen) atoms. The number of hydrogen-bond donors (Lipinski definition) is 1. The van der Waals surface area contributed by atoms with E-state index in [4.69, 9.17) is 5.26 Å². The molecule has 0 aromatic carbocycles. The van der Waals surface area contributed by atoms with Crippen molar-refractivity contribution < 1.29 is 4.79 Å². The fraction of sp³-hybridized carbons (Fsp3) is 0.421. The summed E-state index contributed by atoms with van der Waals surface area (Å²) in [5.41, 5.74) is 3.34. The van der Waals surface area contributed by atoms with Crippen molar-refractivity contribution in [1.29, 1.82) is 5.26 Å². The topological polar surface area (TPSA) is 77.0 Å². The minimum atomic E-state index is -0.357. The van der Waals surface area contributed by atoms with Crippen molar-refractivity contribution in [2.75, 3.05) is 6.54 Å². The Morgan fingerprint density at radius 1 is 1.48 bits per heavy atom. The highest BCUT2D eigenvalue weighted by molar-refractivity contribution is 7.07. The minimum absolute atomic E-state index is 0.136. The van der Waals surface area contributed by atoms with E-state index in [1.165, 1.54) is 5.56 Å². The third-order valence-electron chi connectivity index (χ3n) is 5.01. The van der Waals surface area contributed by atoms with E-state index in [1.54, 1.807) is 18.3 Å². The molecule has 5 nitrogen and oxygen atoms in total. The van der Waals surface area contributed by atoms with Crippen LogP contribution in [-0.2, 0) is 11.2 Å². The molecule has 0 unspecified atom stereocenters. The van der Waals surface area contributed by atoms with Gasteiger partial charge in [0.05, 0.1) is 6.04 Å². The molecule has 3 rings (SSSR count). The van der Waals surface area contributed by atoms with Crippen LogP contribution in [0.25, 0.3) is 0 Å². The second-order valence-corrected chi connectivity index (χ2v) is 7.25. The molecule has 2 aromatic heterocycles. The van der Waals surface area contributed by atoms with Crippen molar-refractivity contribution in [3.63, 3.8) is 0 Å². The van der Waals surface area contributed by atoms with E-state index in [1.807, 2.05) is 23.3 Å². The van der Waals surface area contributed by atoms with Gasteiger partial charge in [-0.1, -0.05) is 0 Å². The molecule has 0 aliphatic carbocycles. The van der Waals surface area contributed by atoms with Crippen molar-refractivity contribution in [2.24, 2.45) is 0 Å². The van der Waals surface area contributed by atoms with Gasteiger partial charge in [-0.05, 0) is 66.6 Å². The van der Waals surface area contributed by atoms with Gasteiger partial charge < -0.3 is 9.88 Å². The summed E-state index contributed by atoms with van der Waals surface area (Å²) >= 11 is 1.66. The standard InChI is InChI=1S/C19H21N3O2S/c1-12-15(13(2)21-19(24)16(12)10-20)5-6-18(23)22-8-3-4-17(22)14-7-9-25-11-14/h7,9,11,17H,3-6,8H2,1-2H3,(H,21,24)/t17-/m1/s1. The van der Waals surface area contributed by atoms with Gasteiger partial charge in [0, 0.05) is 18.7 Å². The van der Waals surface area contributed by atoms with Crippen LogP contribution in [0.4, 0.5) is 0 Å². The molecular weight excluding hydrogens is 334 g/mol. The first-order valence-corrected chi connectivity index (χ1v) is 9.41. The molecule has 6 heteroatoms. The van der Waals surface area contributed by atoms with Crippen molar-refractivity contribution in [3.05, 3.63) is 55.1 Å². The molecule has 2 aromatic rings. The highest BCUT2D eigenvalue weighted by atomic mass is 32.1. The zero-order valence-electron chi connectivity index (χ0n) is 14.5. The molecule has 130 valence electrons. The summed E-state index contributed by atoms with van der Waals surface area (Å²) in [4.78, 5) is 29.3. The van der Waals surface area contributed by atoms with E-state index in [9.17, 15) is 9.59 Å². The maximum absolute atomic E-state index is 12.8. The maximum atomic E-state index is 12.8. The number of carbonyl (C=O) groups is 1. The third kappa shape index (κ3) is 3.38. The Bertz CT molecular complexity index is 877. The average molecular weight is 355 g/mol. The van der Waals surface area contributed by atoms with Gasteiger partial charge in [0.1, 0.15) is 11.6 Å². The summed E-state index contributed by atoms with van der Waals surface area (Å²) in [6.07, 6.45) is 2.97. The number of nitrogens with one attached hydrogen (secondary N) is 1. The van der Waals surface area contributed by atoms with Gasteiger partial charge in [0.25, 0.3) is 5.56 Å². The largest absolute Gasteiger partial charge is 0.336 e. The van der Waals surface area contributed by atoms with Crippen molar-refractivity contribution in [3.8, 4) is 6.07 Å². The quantitative estimate of drug-likeness (QED) is 0.915. The highest BCUT2D eigenvalue weighted by Crippen LogP contribution is 2.33. The van der Waals surface area contributed by atoms with Gasteiger partial charge in [0.15, 0.2) is 0 Å². The number of nitrogens with zero attached hydrogens (tertiary/aromatic N) is 2. The fourth-order valence-electron chi connectivity index (χ4n) is 3.67. The van der Waals surface area contributed by atoms with Gasteiger partial charge in [0.2, 0.25) is 5.91 Å². The number of aromatic nitrogens is 1. The molecule has 1 saturated heterocycles. The van der Waals surface area contributed by atoms with Gasteiger partial charge in [-0.3, -0.25) is 9.59 Å². The molecule has 0 saturated carbocycles. The summed E-state index contributed by atoms with van der Waals surface area (Å²) in [5, 5.41) is 13.3. The van der Waals surface area contributed by atoms with E-state index >= 15 is 0 Å². The Balaban J connectivity index is 1.75. The monoisotopic (exact) mass is 355 g/mol. The van der Waals surface area contributed by atoms with E-state index in [0.717, 1.165) is 30.6 Å². The van der Waals surface area contributed by atoms with Crippen LogP contribution >= 0.6 is 11.3 Å². The minimum Gasteiger partial charge on any atom is -0.336 e. The van der Waals surface area contributed by atoms with Crippen LogP contribution in [0.3, 0.4) is 0 Å². The van der Waals surface area contributed by atoms with Crippen LogP contribution in [0.15, 0.2) is 21.6 Å². The molecular formula is C19H21N3O2S. The number of carbonyl (C=O) groups excluding carboxylic acids is 1. The molecule has 1 atom stereocenters. The lowest BCUT2D eigenvalue weighted by molar-refractivity contribution is -0.132. The Hall–Kier alpha value is -2.39. The van der Waals surface area contributed by atoms with Crippen LogP contribution in [0.2, 0.25) is 0 Å². The van der Waals surface area contributed by atoms with E-state index in [-0.39, 0.29) is 23.1 Å². The second-order valence-electron chi connectivity index (χ2n) is 6.47. The number of nitriles is 1. The van der Waals surface area contributed by atoms with Crippen LogP contribution in [-0.4, -0.2) is 22.3 Å². The molecule has 0 spiro atoms. The maximum Gasteiger partial charge on any atom is 0.266 e. The third-order valence-corrected chi connectivity index (χ3v) is 5.71. The predicted molar refractivity (Wildman–Crippen MR) is 97.6 cm³/mol. The SMILES string of the molecule is Cc1[nH]c(=O)c(C#N)c(C)c1CCC(=O)N1CCC[C@@H]1c1ccsc1. The summed E-state index contributed by atoms with van der Waals surface area (Å²) in [6.45, 7) is 4.40. The van der Waals surface area contributed by atoms with Crippen LogP contribution < -0.4 is 5.56 Å². The molecule has 1 aliphatic heterocycles. The smallest absolute Gasteiger partial charge is 0.266 e. The van der Waals surface area contributed by atoms with E-state index in [0.29, 0.717) is 18.4 Å². The average Bonchev–Trinajstić information content (AvgIpc) is 3.25. The molecule has 1 amide bonds. The lowest BCUT2D eigenvalue weighted by Crippen LogP contribution is -2.30. The number of amides is 1. The number of rotatable bonds is 4. The molecule has 1 aliphatic rings. The normalized spacial score (nSPS) is 16.8. The van der Waals surface area contributed by atoms with Crippen LogP contribution in [0.1, 0.15) is 53.3 Å². The Morgan fingerprint density at radius 2 is 2.28 bits per heavy atom. The number of thiophene rings is 1. The summed E-state index contributed by atoms with van der Waals surface area (Å²) in [5.74, 6) is 0.136. The zero-order valence-corrected chi connectivity index (χ0v) is 15.3. The van der Waals surface area contributed by atoms with E-state index < -0.39 is 0 Å². The fourth-order valence-corrected chi connectivity index (χ4v) is 4.38. The van der Waals surface area contributed by atoms with Crippen molar-refractivity contribution in [1.82, 2.24) is 9.88 Å². The first-order valence-electron chi connectivity index (χ1n) is 8.47. The Kier molecular flexibility index (Phi) is 5.05. The number of aryl methyl sites for hydroxylation is 1. The van der Waals surface area contributed by atoms with Crippen LogP contribution in [0.5, 0.6) is 0 Å². The molecule has 0 bridgehead atoms. The summed E-state index contributed by atoms with van der Waals surface area (Å²) < 4.78 is 0. The lowest BCUT2D eigenvalue weighted by atomic mass is 9.98. The predicted octanol–water partition coefficient (Wildman–Crippen LogP) is 3.22. The van der Waals surface area contributed by atoms with Gasteiger partial charge in [-0.25, -0.2) is 0 Å². The van der Waals surface area contributed by atoms with Crippen molar-refractivity contribution in [2.45, 2.75) is 45.6 Å². The van der Waals surface area contributed by atoms with E-state index in [2.05, 4.69) is 16.4 Å². The first kappa shape index (κ1) is 17.4. The number of pyridine rings is 1. The lowest BCUT2D eigenvalue weighted by Gasteiger charge is -2.24. The van der Waals surface area contributed by atoms with Crippen LogP contribution in [0, 0.1) is 25.2 Å². The number of aromatic amines is 1. The number of hydrogen-bond acceptors (Lipinski definition) is 4. The Labute approximate surface area is 150 Å². The summed E-state index contributed by atoms with van der Waals surface area (Å²) in [6, 6.07) is 4.24. The van der Waals surface area contributed by atoms with Crippen molar-refractivity contribution >= 4 is 17.2 Å². The zero-order chi connectivity index (χ0) is 18.0. The van der Waals surface area contributed by atoms with Gasteiger partial charge >= 0.3 is 0 Å². The van der Waals surface area contributed by atoms with Gasteiger partial charge in [-0.2, -0.15) is 16.6 Å². The number of H-pyrrole nitrogens is 1. The van der Waals surface area contributed by atoms with Gasteiger partial charge in [-0.15, -0.1) is 0 Å². The molecule has 1 N–H and O–H groups in total. The Morgan fingerprint density at radius 3 is 2.96 bits per heavy atom. The molecule has 1 fully saturated rings. The molecule has 0 radical (unpaired) electrons. The summed E-state index contributed by atoms with van der Waals surface area (Å²) in [7, 11) is 0.